The van der Waals surface area contributed by atoms with E-state index in [0.717, 1.165) is 11.3 Å². The lowest BCUT2D eigenvalue weighted by molar-refractivity contribution is -0.115. The zero-order chi connectivity index (χ0) is 20.0. The van der Waals surface area contributed by atoms with Gasteiger partial charge in [0.2, 0.25) is 15.9 Å². The second-order valence-electron chi connectivity index (χ2n) is 6.28. The number of hydrogen-bond acceptors (Lipinski definition) is 4. The zero-order valence-corrected chi connectivity index (χ0v) is 16.3. The normalized spacial score (nSPS) is 11.3. The summed E-state index contributed by atoms with van der Waals surface area (Å²) in [5, 5.41) is 7.04. The topological polar surface area (TPSA) is 93.1 Å². The van der Waals surface area contributed by atoms with Crippen LogP contribution in [0.4, 0.5) is 5.69 Å². The predicted molar refractivity (Wildman–Crippen MR) is 108 cm³/mol. The number of nitrogens with zero attached hydrogens (tertiary/aromatic N) is 2. The van der Waals surface area contributed by atoms with Crippen LogP contribution in [-0.2, 0) is 21.2 Å². The van der Waals surface area contributed by atoms with E-state index >= 15 is 0 Å². The molecule has 0 bridgehead atoms. The maximum absolute atomic E-state index is 12.3. The van der Waals surface area contributed by atoms with E-state index in [0.29, 0.717) is 18.7 Å². The quantitative estimate of drug-likeness (QED) is 0.610. The summed E-state index contributed by atoms with van der Waals surface area (Å²) in [4.78, 5) is 12.4. The standard InChI is InChI=1S/C20H22N4O3S/c1-2-12-22-28(26,27)19-10-8-17(9-11-19)23-20(25)13-16-14-21-24(15-16)18-6-4-3-5-7-18/h3-11,14-15,22H,2,12-13H2,1H3,(H,23,25). The maximum Gasteiger partial charge on any atom is 0.240 e. The molecule has 8 heteroatoms. The van der Waals surface area contributed by atoms with E-state index in [9.17, 15) is 13.2 Å². The molecule has 7 nitrogen and oxygen atoms in total. The molecule has 28 heavy (non-hydrogen) atoms. The Hall–Kier alpha value is -2.97. The number of amides is 1. The van der Waals surface area contributed by atoms with Gasteiger partial charge in [-0.2, -0.15) is 5.10 Å². The van der Waals surface area contributed by atoms with Gasteiger partial charge in [0.25, 0.3) is 0 Å². The third kappa shape index (κ3) is 5.05. The number of carbonyl (C=O) groups excluding carboxylic acids is 1. The molecular weight excluding hydrogens is 376 g/mol. The van der Waals surface area contributed by atoms with E-state index in [2.05, 4.69) is 15.1 Å². The van der Waals surface area contributed by atoms with Crippen molar-refractivity contribution in [2.24, 2.45) is 0 Å². The molecule has 0 aliphatic carbocycles. The predicted octanol–water partition coefficient (Wildman–Crippen LogP) is 2.74. The van der Waals surface area contributed by atoms with Gasteiger partial charge in [0.05, 0.1) is 23.2 Å². The molecule has 1 aromatic heterocycles. The summed E-state index contributed by atoms with van der Waals surface area (Å²) in [7, 11) is -3.51. The Labute approximate surface area is 164 Å². The minimum Gasteiger partial charge on any atom is -0.326 e. The fourth-order valence-electron chi connectivity index (χ4n) is 2.60. The summed E-state index contributed by atoms with van der Waals surface area (Å²) >= 11 is 0. The molecule has 0 aliphatic rings. The Morgan fingerprint density at radius 2 is 1.79 bits per heavy atom. The van der Waals surface area contributed by atoms with E-state index in [1.54, 1.807) is 23.0 Å². The Morgan fingerprint density at radius 1 is 1.07 bits per heavy atom. The minimum atomic E-state index is -3.51. The van der Waals surface area contributed by atoms with Crippen molar-refractivity contribution in [1.29, 1.82) is 0 Å². The van der Waals surface area contributed by atoms with Crippen LogP contribution < -0.4 is 10.0 Å². The summed E-state index contributed by atoms with van der Waals surface area (Å²) in [5.41, 5.74) is 2.24. The van der Waals surface area contributed by atoms with Crippen molar-refractivity contribution in [3.8, 4) is 5.69 Å². The van der Waals surface area contributed by atoms with Gasteiger partial charge in [-0.25, -0.2) is 17.8 Å². The Balaban J connectivity index is 1.60. The third-order valence-electron chi connectivity index (χ3n) is 4.01. The first-order chi connectivity index (χ1) is 13.5. The van der Waals surface area contributed by atoms with E-state index in [1.165, 1.54) is 12.1 Å². The summed E-state index contributed by atoms with van der Waals surface area (Å²) in [6.45, 7) is 2.28. The fraction of sp³-hybridized carbons (Fsp3) is 0.200. The van der Waals surface area contributed by atoms with Gasteiger partial charge in [0.1, 0.15) is 0 Å². The van der Waals surface area contributed by atoms with Gasteiger partial charge in [0, 0.05) is 18.4 Å². The van der Waals surface area contributed by atoms with Crippen LogP contribution in [0.1, 0.15) is 18.9 Å². The monoisotopic (exact) mass is 398 g/mol. The van der Waals surface area contributed by atoms with Gasteiger partial charge in [-0.15, -0.1) is 0 Å². The van der Waals surface area contributed by atoms with Crippen molar-refractivity contribution in [2.75, 3.05) is 11.9 Å². The molecule has 0 radical (unpaired) electrons. The number of hydrogen-bond donors (Lipinski definition) is 2. The van der Waals surface area contributed by atoms with Crippen LogP contribution in [0.3, 0.4) is 0 Å². The highest BCUT2D eigenvalue weighted by atomic mass is 32.2. The van der Waals surface area contributed by atoms with Crippen molar-refractivity contribution in [2.45, 2.75) is 24.7 Å². The maximum atomic E-state index is 12.3. The summed E-state index contributed by atoms with van der Waals surface area (Å²) in [5.74, 6) is -0.202. The van der Waals surface area contributed by atoms with Crippen LogP contribution in [0.15, 0.2) is 71.9 Å². The number of sulfonamides is 1. The molecular formula is C20H22N4O3S. The van der Waals surface area contributed by atoms with E-state index < -0.39 is 10.0 Å². The molecule has 2 N–H and O–H groups in total. The summed E-state index contributed by atoms with van der Waals surface area (Å²) in [6, 6.07) is 15.7. The number of nitrogens with one attached hydrogen (secondary N) is 2. The lowest BCUT2D eigenvalue weighted by Crippen LogP contribution is -2.24. The van der Waals surface area contributed by atoms with Crippen LogP contribution in [0.25, 0.3) is 5.69 Å². The van der Waals surface area contributed by atoms with Gasteiger partial charge >= 0.3 is 0 Å². The Morgan fingerprint density at radius 3 is 2.46 bits per heavy atom. The molecule has 3 aromatic rings. The molecule has 0 aliphatic heterocycles. The van der Waals surface area contributed by atoms with Crippen molar-refractivity contribution < 1.29 is 13.2 Å². The third-order valence-corrected chi connectivity index (χ3v) is 5.49. The van der Waals surface area contributed by atoms with Crippen LogP contribution >= 0.6 is 0 Å². The number of rotatable bonds is 8. The first-order valence-corrected chi connectivity index (χ1v) is 10.4. The van der Waals surface area contributed by atoms with Gasteiger partial charge in [-0.1, -0.05) is 25.1 Å². The molecule has 1 amide bonds. The molecule has 0 saturated carbocycles. The summed E-state index contributed by atoms with van der Waals surface area (Å²) < 4.78 is 28.4. The first kappa shape index (κ1) is 19.8. The number of para-hydroxylation sites is 1. The zero-order valence-electron chi connectivity index (χ0n) is 15.5. The first-order valence-electron chi connectivity index (χ1n) is 8.96. The Kier molecular flexibility index (Phi) is 6.23. The molecule has 1 heterocycles. The van der Waals surface area contributed by atoms with Crippen molar-refractivity contribution >= 4 is 21.6 Å². The number of anilines is 1. The second-order valence-corrected chi connectivity index (χ2v) is 8.04. The van der Waals surface area contributed by atoms with Crippen LogP contribution in [0, 0.1) is 0 Å². The second kappa shape index (κ2) is 8.81. The van der Waals surface area contributed by atoms with E-state index in [-0.39, 0.29) is 17.2 Å². The smallest absolute Gasteiger partial charge is 0.240 e. The van der Waals surface area contributed by atoms with Crippen molar-refractivity contribution in [3.05, 3.63) is 72.6 Å². The molecule has 0 fully saturated rings. The number of benzene rings is 2. The highest BCUT2D eigenvalue weighted by molar-refractivity contribution is 7.89. The highest BCUT2D eigenvalue weighted by Crippen LogP contribution is 2.15. The molecule has 0 saturated heterocycles. The minimum absolute atomic E-state index is 0.170. The van der Waals surface area contributed by atoms with Crippen LogP contribution in [0.2, 0.25) is 0 Å². The lowest BCUT2D eigenvalue weighted by atomic mass is 10.2. The van der Waals surface area contributed by atoms with Crippen LogP contribution in [0.5, 0.6) is 0 Å². The van der Waals surface area contributed by atoms with Crippen molar-refractivity contribution in [3.63, 3.8) is 0 Å². The lowest BCUT2D eigenvalue weighted by Gasteiger charge is -2.08. The van der Waals surface area contributed by atoms with Gasteiger partial charge < -0.3 is 5.32 Å². The Bertz CT molecular complexity index is 1030. The van der Waals surface area contributed by atoms with E-state index in [1.807, 2.05) is 43.5 Å². The molecule has 2 aromatic carbocycles. The molecule has 0 unspecified atom stereocenters. The van der Waals surface area contributed by atoms with E-state index in [4.69, 9.17) is 0 Å². The molecule has 0 atom stereocenters. The molecule has 0 spiro atoms. The molecule has 3 rings (SSSR count). The SMILES string of the molecule is CCCNS(=O)(=O)c1ccc(NC(=O)Cc2cnn(-c3ccccc3)c2)cc1. The van der Waals surface area contributed by atoms with Crippen molar-refractivity contribution in [1.82, 2.24) is 14.5 Å². The molecule has 146 valence electrons. The number of aromatic nitrogens is 2. The fourth-order valence-corrected chi connectivity index (χ4v) is 3.73. The van der Waals surface area contributed by atoms with Gasteiger partial charge in [0.15, 0.2) is 0 Å². The largest absolute Gasteiger partial charge is 0.326 e. The summed E-state index contributed by atoms with van der Waals surface area (Å²) in [6.07, 6.45) is 4.35. The number of carbonyl (C=O) groups is 1. The van der Waals surface area contributed by atoms with Gasteiger partial charge in [-0.3, -0.25) is 4.79 Å². The average molecular weight is 398 g/mol. The highest BCUT2D eigenvalue weighted by Gasteiger charge is 2.13. The van der Waals surface area contributed by atoms with Crippen LogP contribution in [-0.4, -0.2) is 30.7 Å². The average Bonchev–Trinajstić information content (AvgIpc) is 3.16. The van der Waals surface area contributed by atoms with Gasteiger partial charge in [-0.05, 0) is 48.4 Å².